The van der Waals surface area contributed by atoms with Crippen molar-refractivity contribution in [2.24, 2.45) is 0 Å². The number of hydrogen-bond donors (Lipinski definition) is 0. The van der Waals surface area contributed by atoms with Crippen LogP contribution in [0.3, 0.4) is 0 Å². The van der Waals surface area contributed by atoms with E-state index in [1.807, 2.05) is 0 Å². The van der Waals surface area contributed by atoms with Crippen LogP contribution >= 0.6 is 11.6 Å². The van der Waals surface area contributed by atoms with E-state index in [4.69, 9.17) is 11.6 Å². The molecule has 2 rings (SSSR count). The summed E-state index contributed by atoms with van der Waals surface area (Å²) >= 11 is 5.32. The van der Waals surface area contributed by atoms with Crippen molar-refractivity contribution in [3.8, 4) is 0 Å². The standard InChI is InChI=1S/C15H19ClO/c16-15(17)8-4-1-5-12-9-10-13-6-2-3-7-14(13)11-12/h9-11H,1-8H2. The lowest BCUT2D eigenvalue weighted by Crippen LogP contribution is -2.03. The summed E-state index contributed by atoms with van der Waals surface area (Å²) in [5.74, 6) is 0. The summed E-state index contributed by atoms with van der Waals surface area (Å²) in [7, 11) is 0. The van der Waals surface area contributed by atoms with Crippen molar-refractivity contribution in [1.29, 1.82) is 0 Å². The Kier molecular flexibility index (Phi) is 4.61. The van der Waals surface area contributed by atoms with Crippen molar-refractivity contribution in [3.05, 3.63) is 34.9 Å². The molecule has 0 bridgehead atoms. The minimum Gasteiger partial charge on any atom is -0.281 e. The lowest BCUT2D eigenvalue weighted by molar-refractivity contribution is -0.111. The molecule has 1 nitrogen and oxygen atoms in total. The van der Waals surface area contributed by atoms with Gasteiger partial charge in [-0.1, -0.05) is 18.2 Å². The van der Waals surface area contributed by atoms with Gasteiger partial charge in [-0.05, 0) is 73.2 Å². The fourth-order valence-corrected chi connectivity index (χ4v) is 2.67. The molecule has 0 heterocycles. The molecule has 92 valence electrons. The molecule has 1 aromatic carbocycles. The maximum absolute atomic E-state index is 10.6. The second-order valence-corrected chi connectivity index (χ2v) is 5.29. The van der Waals surface area contributed by atoms with Crippen LogP contribution in [0.4, 0.5) is 0 Å². The normalized spacial score (nSPS) is 14.4. The maximum Gasteiger partial charge on any atom is 0.221 e. The quantitative estimate of drug-likeness (QED) is 0.569. The fraction of sp³-hybridized carbons (Fsp3) is 0.533. The van der Waals surface area contributed by atoms with Crippen molar-refractivity contribution in [1.82, 2.24) is 0 Å². The van der Waals surface area contributed by atoms with E-state index >= 15 is 0 Å². The van der Waals surface area contributed by atoms with Crippen LogP contribution in [0, 0.1) is 0 Å². The molecule has 0 aliphatic heterocycles. The highest BCUT2D eigenvalue weighted by Gasteiger charge is 2.09. The van der Waals surface area contributed by atoms with Gasteiger partial charge in [0.25, 0.3) is 0 Å². The topological polar surface area (TPSA) is 17.1 Å². The molecule has 1 aromatic rings. The minimum absolute atomic E-state index is 0.213. The summed E-state index contributed by atoms with van der Waals surface area (Å²) in [6.07, 6.45) is 8.68. The Bertz CT molecular complexity index is 398. The third kappa shape index (κ3) is 3.85. The molecule has 0 aromatic heterocycles. The number of carbonyl (C=O) groups excluding carboxylic acids is 1. The Labute approximate surface area is 108 Å². The molecule has 0 saturated heterocycles. The van der Waals surface area contributed by atoms with Crippen LogP contribution < -0.4 is 0 Å². The van der Waals surface area contributed by atoms with Gasteiger partial charge in [-0.2, -0.15) is 0 Å². The van der Waals surface area contributed by atoms with Gasteiger partial charge in [0, 0.05) is 6.42 Å². The van der Waals surface area contributed by atoms with Gasteiger partial charge in [-0.3, -0.25) is 4.79 Å². The largest absolute Gasteiger partial charge is 0.281 e. The zero-order valence-electron chi connectivity index (χ0n) is 10.2. The molecule has 0 atom stereocenters. The molecular formula is C15H19ClO. The summed E-state index contributed by atoms with van der Waals surface area (Å²) < 4.78 is 0. The Morgan fingerprint density at radius 2 is 1.88 bits per heavy atom. The Hall–Kier alpha value is -0.820. The van der Waals surface area contributed by atoms with Crippen molar-refractivity contribution >= 4 is 16.8 Å². The Morgan fingerprint density at radius 3 is 2.65 bits per heavy atom. The van der Waals surface area contributed by atoms with E-state index in [0.717, 1.165) is 19.3 Å². The van der Waals surface area contributed by atoms with Gasteiger partial charge in [0.15, 0.2) is 0 Å². The van der Waals surface area contributed by atoms with E-state index < -0.39 is 0 Å². The summed E-state index contributed by atoms with van der Waals surface area (Å²) in [6.45, 7) is 0. The van der Waals surface area contributed by atoms with Gasteiger partial charge in [-0.25, -0.2) is 0 Å². The number of hydrogen-bond acceptors (Lipinski definition) is 1. The first kappa shape index (κ1) is 12.6. The lowest BCUT2D eigenvalue weighted by atomic mass is 9.89. The van der Waals surface area contributed by atoms with Crippen molar-refractivity contribution in [3.63, 3.8) is 0 Å². The Balaban J connectivity index is 1.86. The van der Waals surface area contributed by atoms with Crippen LogP contribution in [0.15, 0.2) is 18.2 Å². The smallest absolute Gasteiger partial charge is 0.221 e. The molecule has 1 aliphatic carbocycles. The predicted molar refractivity (Wildman–Crippen MR) is 71.5 cm³/mol. The van der Waals surface area contributed by atoms with E-state index in [-0.39, 0.29) is 5.24 Å². The molecule has 0 amide bonds. The number of fused-ring (bicyclic) bond motifs is 1. The fourth-order valence-electron chi connectivity index (χ4n) is 2.54. The first-order chi connectivity index (χ1) is 8.25. The number of rotatable bonds is 5. The SMILES string of the molecule is O=C(Cl)CCCCc1ccc2c(c1)CCCC2. The maximum atomic E-state index is 10.6. The number of unbranched alkanes of at least 4 members (excludes halogenated alkanes) is 1. The van der Waals surface area contributed by atoms with Crippen molar-refractivity contribution < 1.29 is 4.79 Å². The molecular weight excluding hydrogens is 232 g/mol. The van der Waals surface area contributed by atoms with Gasteiger partial charge in [0.2, 0.25) is 5.24 Å². The molecule has 0 fully saturated rings. The summed E-state index contributed by atoms with van der Waals surface area (Å²) in [4.78, 5) is 10.6. The van der Waals surface area contributed by atoms with Gasteiger partial charge < -0.3 is 0 Å². The average molecular weight is 251 g/mol. The van der Waals surface area contributed by atoms with Crippen LogP contribution in [0.25, 0.3) is 0 Å². The van der Waals surface area contributed by atoms with Gasteiger partial charge in [-0.15, -0.1) is 0 Å². The molecule has 17 heavy (non-hydrogen) atoms. The van der Waals surface area contributed by atoms with Gasteiger partial charge in [0.05, 0.1) is 0 Å². The number of carbonyl (C=O) groups is 1. The third-order valence-corrected chi connectivity index (χ3v) is 3.69. The first-order valence-electron chi connectivity index (χ1n) is 6.55. The predicted octanol–water partition coefficient (Wildman–Crippen LogP) is 4.04. The molecule has 0 radical (unpaired) electrons. The number of halogens is 1. The molecule has 0 unspecified atom stereocenters. The van der Waals surface area contributed by atoms with Crippen LogP contribution in [0.2, 0.25) is 0 Å². The molecule has 0 saturated carbocycles. The van der Waals surface area contributed by atoms with Crippen LogP contribution in [0.1, 0.15) is 48.8 Å². The Morgan fingerprint density at radius 1 is 1.12 bits per heavy atom. The van der Waals surface area contributed by atoms with Gasteiger partial charge >= 0.3 is 0 Å². The van der Waals surface area contributed by atoms with E-state index in [0.29, 0.717) is 6.42 Å². The average Bonchev–Trinajstić information content (AvgIpc) is 2.34. The van der Waals surface area contributed by atoms with Crippen LogP contribution in [-0.4, -0.2) is 5.24 Å². The van der Waals surface area contributed by atoms with E-state index in [1.54, 1.807) is 5.56 Å². The second-order valence-electron chi connectivity index (χ2n) is 4.87. The van der Waals surface area contributed by atoms with Crippen LogP contribution in [-0.2, 0) is 24.1 Å². The highest BCUT2D eigenvalue weighted by molar-refractivity contribution is 6.63. The summed E-state index contributed by atoms with van der Waals surface area (Å²) in [6, 6.07) is 6.89. The number of benzene rings is 1. The molecule has 0 N–H and O–H groups in total. The van der Waals surface area contributed by atoms with E-state index in [1.165, 1.54) is 36.8 Å². The zero-order chi connectivity index (χ0) is 12.1. The highest BCUT2D eigenvalue weighted by atomic mass is 35.5. The van der Waals surface area contributed by atoms with Crippen LogP contribution in [0.5, 0.6) is 0 Å². The summed E-state index contributed by atoms with van der Waals surface area (Å²) in [5, 5.41) is -0.213. The first-order valence-corrected chi connectivity index (χ1v) is 6.92. The minimum atomic E-state index is -0.213. The zero-order valence-corrected chi connectivity index (χ0v) is 10.9. The molecule has 1 aliphatic rings. The monoisotopic (exact) mass is 250 g/mol. The molecule has 0 spiro atoms. The van der Waals surface area contributed by atoms with E-state index in [9.17, 15) is 4.79 Å². The van der Waals surface area contributed by atoms with Crippen molar-refractivity contribution in [2.75, 3.05) is 0 Å². The van der Waals surface area contributed by atoms with E-state index in [2.05, 4.69) is 18.2 Å². The highest BCUT2D eigenvalue weighted by Crippen LogP contribution is 2.23. The lowest BCUT2D eigenvalue weighted by Gasteiger charge is -2.16. The second kappa shape index (κ2) is 6.20. The number of aryl methyl sites for hydroxylation is 3. The van der Waals surface area contributed by atoms with Crippen molar-refractivity contribution in [2.45, 2.75) is 51.4 Å². The summed E-state index contributed by atoms with van der Waals surface area (Å²) in [5.41, 5.74) is 4.49. The molecule has 2 heteroatoms. The third-order valence-electron chi connectivity index (χ3n) is 3.50. The van der Waals surface area contributed by atoms with Gasteiger partial charge in [0.1, 0.15) is 0 Å².